The molecule has 1 heterocycles. The molecule has 1 saturated heterocycles. The van der Waals surface area contributed by atoms with Crippen LogP contribution in [0.1, 0.15) is 24.3 Å². The molecule has 2 aromatic carbocycles. The van der Waals surface area contributed by atoms with Crippen molar-refractivity contribution in [1.29, 1.82) is 0 Å². The standard InChI is InChI=1S/C29H18Br2F3NO6/c30-12-1-3-13(4-2-12)35-27(39)16-7-6-15-17(24(16)28(35)40)10-19-25(22(37)11-20(31)26(19)38)23(15)18-9-14(5-8-21(18)36)41-29(32,33)34/h1-6,8-9,11,16-17,23-24,36H,7,10H2/t16-,17+,23+,24-/m0/s1. The highest BCUT2D eigenvalue weighted by atomic mass is 79.9. The van der Waals surface area contributed by atoms with Gasteiger partial charge in [-0.3, -0.25) is 24.1 Å². The minimum Gasteiger partial charge on any atom is -0.508 e. The molecule has 0 spiro atoms. The van der Waals surface area contributed by atoms with E-state index in [1.807, 2.05) is 0 Å². The summed E-state index contributed by atoms with van der Waals surface area (Å²) in [5, 5.41) is 10.8. The van der Waals surface area contributed by atoms with Crippen LogP contribution in [-0.4, -0.2) is 34.8 Å². The Bertz CT molecular complexity index is 1640. The lowest BCUT2D eigenvalue weighted by molar-refractivity contribution is -0.274. The molecule has 0 unspecified atom stereocenters. The lowest BCUT2D eigenvalue weighted by atomic mass is 9.59. The number of fused-ring (bicyclic) bond motifs is 3. The number of rotatable bonds is 3. The molecule has 2 aromatic rings. The van der Waals surface area contributed by atoms with E-state index < -0.39 is 64.9 Å². The summed E-state index contributed by atoms with van der Waals surface area (Å²) in [6.45, 7) is 0. The molecule has 4 atom stereocenters. The summed E-state index contributed by atoms with van der Waals surface area (Å²) in [5.41, 5.74) is 0.885. The number of halogens is 5. The minimum atomic E-state index is -5.01. The SMILES string of the molecule is O=C1C=C(Br)C(=O)C2=C1[C@@H](c1cc(OC(F)(F)F)ccc1O)C1=CC[C@@H]3C(=O)N(c4ccc(Br)cc4)C(=O)[C@@H]3[C@@H]1C2. The second-order valence-corrected chi connectivity index (χ2v) is 11.9. The molecular formula is C29H18Br2F3NO6. The summed E-state index contributed by atoms with van der Waals surface area (Å²) in [5.74, 6) is -6.44. The summed E-state index contributed by atoms with van der Waals surface area (Å²) in [6, 6.07) is 9.60. The molecule has 7 nitrogen and oxygen atoms in total. The number of phenolic OH excluding ortho intramolecular Hbond substituents is 1. The van der Waals surface area contributed by atoms with E-state index in [0.29, 0.717) is 11.3 Å². The molecule has 6 rings (SSSR count). The first kappa shape index (κ1) is 27.6. The monoisotopic (exact) mass is 691 g/mol. The number of nitrogens with zero attached hydrogens (tertiary/aromatic N) is 1. The third-order valence-corrected chi connectivity index (χ3v) is 9.08. The van der Waals surface area contributed by atoms with E-state index in [0.717, 1.165) is 33.6 Å². The number of amides is 2. The predicted octanol–water partition coefficient (Wildman–Crippen LogP) is 6.02. The highest BCUT2D eigenvalue weighted by Gasteiger charge is 2.57. The number of imide groups is 1. The largest absolute Gasteiger partial charge is 0.573 e. The second kappa shape index (κ2) is 9.80. The molecule has 3 aliphatic carbocycles. The van der Waals surface area contributed by atoms with Crippen molar-refractivity contribution in [3.05, 3.63) is 85.9 Å². The Morgan fingerprint density at radius 1 is 0.951 bits per heavy atom. The Kier molecular flexibility index (Phi) is 6.61. The van der Waals surface area contributed by atoms with Crippen molar-refractivity contribution in [2.45, 2.75) is 25.1 Å². The minimum absolute atomic E-state index is 0.00322. The summed E-state index contributed by atoms with van der Waals surface area (Å²) >= 11 is 6.45. The van der Waals surface area contributed by atoms with Crippen molar-refractivity contribution in [1.82, 2.24) is 0 Å². The fourth-order valence-electron chi connectivity index (χ4n) is 6.37. The van der Waals surface area contributed by atoms with Crippen molar-refractivity contribution in [3.8, 4) is 11.5 Å². The van der Waals surface area contributed by atoms with Crippen LogP contribution in [0.15, 0.2) is 80.3 Å². The first-order chi connectivity index (χ1) is 19.4. The van der Waals surface area contributed by atoms with Crippen LogP contribution in [0, 0.1) is 17.8 Å². The maximum absolute atomic E-state index is 13.9. The summed E-state index contributed by atoms with van der Waals surface area (Å²) in [4.78, 5) is 55.1. The number of hydrogen-bond acceptors (Lipinski definition) is 6. The smallest absolute Gasteiger partial charge is 0.508 e. The van der Waals surface area contributed by atoms with Gasteiger partial charge >= 0.3 is 6.36 Å². The molecule has 1 N–H and O–H groups in total. The third kappa shape index (κ3) is 4.57. The maximum atomic E-state index is 13.9. The van der Waals surface area contributed by atoms with Gasteiger partial charge in [-0.15, -0.1) is 13.2 Å². The van der Waals surface area contributed by atoms with Crippen LogP contribution in [0.3, 0.4) is 0 Å². The normalized spacial score (nSPS) is 25.9. The number of allylic oxidation sites excluding steroid dienone is 6. The number of aromatic hydroxyl groups is 1. The van der Waals surface area contributed by atoms with Crippen LogP contribution in [0.25, 0.3) is 0 Å². The van der Waals surface area contributed by atoms with Crippen molar-refractivity contribution >= 4 is 60.9 Å². The summed E-state index contributed by atoms with van der Waals surface area (Å²) in [6.07, 6.45) is -2.11. The van der Waals surface area contributed by atoms with Crippen molar-refractivity contribution in [2.75, 3.05) is 4.90 Å². The number of phenols is 1. The van der Waals surface area contributed by atoms with Crippen LogP contribution in [0.4, 0.5) is 18.9 Å². The van der Waals surface area contributed by atoms with Crippen molar-refractivity contribution < 1.29 is 42.2 Å². The van der Waals surface area contributed by atoms with Crippen LogP contribution >= 0.6 is 31.9 Å². The number of benzene rings is 2. The van der Waals surface area contributed by atoms with Gasteiger partial charge in [0.2, 0.25) is 11.8 Å². The zero-order valence-corrected chi connectivity index (χ0v) is 23.9. The van der Waals surface area contributed by atoms with Gasteiger partial charge in [0, 0.05) is 33.2 Å². The van der Waals surface area contributed by atoms with Gasteiger partial charge in [0.25, 0.3) is 0 Å². The summed E-state index contributed by atoms with van der Waals surface area (Å²) < 4.78 is 44.0. The Labute approximate surface area is 247 Å². The van der Waals surface area contributed by atoms with Crippen LogP contribution in [-0.2, 0) is 19.2 Å². The van der Waals surface area contributed by atoms with Gasteiger partial charge < -0.3 is 9.84 Å². The number of carbonyl (C=O) groups is 4. The van der Waals surface area contributed by atoms with Crippen molar-refractivity contribution in [3.63, 3.8) is 0 Å². The van der Waals surface area contributed by atoms with E-state index in [1.165, 1.54) is 0 Å². The lowest BCUT2D eigenvalue weighted by Gasteiger charge is -2.42. The molecule has 0 saturated carbocycles. The fourth-order valence-corrected chi connectivity index (χ4v) is 7.08. The Morgan fingerprint density at radius 2 is 1.66 bits per heavy atom. The van der Waals surface area contributed by atoms with Crippen LogP contribution in [0.5, 0.6) is 11.5 Å². The molecule has 12 heteroatoms. The molecule has 4 aliphatic rings. The highest BCUT2D eigenvalue weighted by Crippen LogP contribution is 2.57. The quantitative estimate of drug-likeness (QED) is 0.240. The molecule has 0 bridgehead atoms. The van der Waals surface area contributed by atoms with E-state index in [2.05, 4.69) is 36.6 Å². The second-order valence-electron chi connectivity index (χ2n) is 10.2. The average Bonchev–Trinajstić information content (AvgIpc) is 3.17. The van der Waals surface area contributed by atoms with E-state index in [-0.39, 0.29) is 34.0 Å². The zero-order chi connectivity index (χ0) is 29.4. The number of ether oxygens (including phenoxy) is 1. The van der Waals surface area contributed by atoms with Gasteiger partial charge in [-0.2, -0.15) is 0 Å². The molecule has 41 heavy (non-hydrogen) atoms. The molecule has 0 radical (unpaired) electrons. The van der Waals surface area contributed by atoms with Crippen LogP contribution < -0.4 is 9.64 Å². The molecule has 1 aliphatic heterocycles. The van der Waals surface area contributed by atoms with Gasteiger partial charge in [0.1, 0.15) is 11.5 Å². The molecule has 210 valence electrons. The topological polar surface area (TPSA) is 101 Å². The predicted molar refractivity (Wildman–Crippen MR) is 146 cm³/mol. The number of Topliss-reactive ketones (excluding diaryl/α,β-unsaturated/α-hetero) is 1. The Morgan fingerprint density at radius 3 is 2.34 bits per heavy atom. The number of ketones is 2. The maximum Gasteiger partial charge on any atom is 0.573 e. The number of carbonyl (C=O) groups excluding carboxylic acids is 4. The molecule has 1 fully saturated rings. The zero-order valence-electron chi connectivity index (χ0n) is 20.7. The van der Waals surface area contributed by atoms with E-state index in [9.17, 15) is 37.5 Å². The van der Waals surface area contributed by atoms with Crippen molar-refractivity contribution in [2.24, 2.45) is 17.8 Å². The number of hydrogen-bond donors (Lipinski definition) is 1. The van der Waals surface area contributed by atoms with Gasteiger partial charge in [0.05, 0.1) is 22.0 Å². The first-order valence-electron chi connectivity index (χ1n) is 12.5. The van der Waals surface area contributed by atoms with E-state index in [1.54, 1.807) is 30.3 Å². The van der Waals surface area contributed by atoms with Crippen LogP contribution in [0.2, 0.25) is 0 Å². The fraction of sp³-hybridized carbons (Fsp3) is 0.241. The highest BCUT2D eigenvalue weighted by molar-refractivity contribution is 9.12. The lowest BCUT2D eigenvalue weighted by Crippen LogP contribution is -2.39. The third-order valence-electron chi connectivity index (χ3n) is 7.96. The van der Waals surface area contributed by atoms with E-state index in [4.69, 9.17) is 0 Å². The summed E-state index contributed by atoms with van der Waals surface area (Å²) in [7, 11) is 0. The van der Waals surface area contributed by atoms with Gasteiger partial charge in [0.15, 0.2) is 11.6 Å². The van der Waals surface area contributed by atoms with Gasteiger partial charge in [-0.25, -0.2) is 0 Å². The Hall–Kier alpha value is -3.51. The number of alkyl halides is 3. The van der Waals surface area contributed by atoms with Gasteiger partial charge in [-0.1, -0.05) is 27.6 Å². The molecular weight excluding hydrogens is 675 g/mol. The Balaban J connectivity index is 1.49. The first-order valence-corrected chi connectivity index (χ1v) is 14.1. The van der Waals surface area contributed by atoms with Gasteiger partial charge in [-0.05, 0) is 77.2 Å². The molecule has 2 amide bonds. The number of anilines is 1. The van der Waals surface area contributed by atoms with E-state index >= 15 is 0 Å². The average molecular weight is 693 g/mol. The molecule has 0 aromatic heterocycles.